The molecule has 6 heteroatoms. The molecule has 2 aromatic rings. The highest BCUT2D eigenvalue weighted by atomic mass is 79.9. The van der Waals surface area contributed by atoms with Crippen LogP contribution in [0.5, 0.6) is 0 Å². The zero-order chi connectivity index (χ0) is 14.3. The summed E-state index contributed by atoms with van der Waals surface area (Å²) in [5.74, 6) is -0.0856. The lowest BCUT2D eigenvalue weighted by molar-refractivity contribution is 0.0937. The molecule has 0 bridgehead atoms. The number of halogens is 1. The van der Waals surface area contributed by atoms with Gasteiger partial charge in [-0.25, -0.2) is 9.50 Å². The number of fused-ring (bicyclic) bond motifs is 1. The molecule has 1 atom stereocenters. The first-order chi connectivity index (χ1) is 9.44. The normalized spacial score (nSPS) is 21.2. The minimum atomic E-state index is -0.0856. The maximum atomic E-state index is 12.4. The maximum absolute atomic E-state index is 12.4. The number of carbonyl (C=O) groups excluding carboxylic acids is 1. The van der Waals surface area contributed by atoms with Crippen LogP contribution in [0.3, 0.4) is 0 Å². The van der Waals surface area contributed by atoms with E-state index in [9.17, 15) is 4.79 Å². The number of aromatic nitrogens is 3. The van der Waals surface area contributed by atoms with Crippen LogP contribution in [0.15, 0.2) is 23.1 Å². The van der Waals surface area contributed by atoms with Gasteiger partial charge >= 0.3 is 0 Å². The fourth-order valence-corrected chi connectivity index (χ4v) is 3.13. The van der Waals surface area contributed by atoms with Crippen molar-refractivity contribution in [2.75, 3.05) is 0 Å². The van der Waals surface area contributed by atoms with Gasteiger partial charge in [-0.2, -0.15) is 5.10 Å². The number of nitrogens with one attached hydrogen (secondary N) is 1. The van der Waals surface area contributed by atoms with E-state index in [4.69, 9.17) is 0 Å². The van der Waals surface area contributed by atoms with Gasteiger partial charge in [-0.15, -0.1) is 0 Å². The average molecular weight is 337 g/mol. The summed E-state index contributed by atoms with van der Waals surface area (Å²) in [6.45, 7) is 4.49. The van der Waals surface area contributed by atoms with Gasteiger partial charge in [-0.3, -0.25) is 4.79 Å². The third kappa shape index (κ3) is 2.57. The quantitative estimate of drug-likeness (QED) is 0.917. The predicted octanol–water partition coefficient (Wildman–Crippen LogP) is 2.80. The molecule has 0 aliphatic heterocycles. The molecule has 1 amide bonds. The highest BCUT2D eigenvalue weighted by molar-refractivity contribution is 9.10. The van der Waals surface area contributed by atoms with Crippen LogP contribution in [-0.4, -0.2) is 26.5 Å². The summed E-state index contributed by atoms with van der Waals surface area (Å²) in [6.07, 6.45) is 8.25. The Morgan fingerprint density at radius 3 is 3.00 bits per heavy atom. The highest BCUT2D eigenvalue weighted by Crippen LogP contribution is 2.37. The van der Waals surface area contributed by atoms with Gasteiger partial charge in [0.25, 0.3) is 5.91 Å². The molecule has 0 spiro atoms. The van der Waals surface area contributed by atoms with Crippen molar-refractivity contribution in [2.24, 2.45) is 5.41 Å². The van der Waals surface area contributed by atoms with Crippen LogP contribution in [0.1, 0.15) is 43.5 Å². The minimum Gasteiger partial charge on any atom is -0.349 e. The van der Waals surface area contributed by atoms with E-state index in [-0.39, 0.29) is 11.9 Å². The van der Waals surface area contributed by atoms with E-state index in [1.807, 2.05) is 0 Å². The lowest BCUT2D eigenvalue weighted by atomic mass is 9.92. The highest BCUT2D eigenvalue weighted by Gasteiger charge is 2.32. The van der Waals surface area contributed by atoms with Crippen molar-refractivity contribution in [3.05, 3.63) is 28.6 Å². The molecule has 1 fully saturated rings. The average Bonchev–Trinajstić information content (AvgIpc) is 2.92. The first-order valence-corrected chi connectivity index (χ1v) is 7.54. The van der Waals surface area contributed by atoms with Gasteiger partial charge in [-0.1, -0.05) is 13.8 Å². The predicted molar refractivity (Wildman–Crippen MR) is 79.6 cm³/mol. The molecule has 2 aromatic heterocycles. The Labute approximate surface area is 125 Å². The number of carbonyl (C=O) groups is 1. The van der Waals surface area contributed by atoms with E-state index in [0.717, 1.165) is 23.7 Å². The summed E-state index contributed by atoms with van der Waals surface area (Å²) >= 11 is 3.34. The van der Waals surface area contributed by atoms with Crippen LogP contribution in [0.4, 0.5) is 0 Å². The van der Waals surface area contributed by atoms with Crippen molar-refractivity contribution in [2.45, 2.75) is 39.2 Å². The molecular weight excluding hydrogens is 320 g/mol. The van der Waals surface area contributed by atoms with Crippen molar-refractivity contribution in [3.8, 4) is 0 Å². The fraction of sp³-hybridized carbons (Fsp3) is 0.500. The Kier molecular flexibility index (Phi) is 3.28. The summed E-state index contributed by atoms with van der Waals surface area (Å²) < 4.78 is 2.44. The van der Waals surface area contributed by atoms with Gasteiger partial charge < -0.3 is 5.32 Å². The molecule has 1 N–H and O–H groups in total. The van der Waals surface area contributed by atoms with Crippen molar-refractivity contribution in [3.63, 3.8) is 0 Å². The van der Waals surface area contributed by atoms with Crippen molar-refractivity contribution >= 4 is 27.5 Å². The second-order valence-corrected chi connectivity index (χ2v) is 7.09. The van der Waals surface area contributed by atoms with E-state index < -0.39 is 0 Å². The van der Waals surface area contributed by atoms with E-state index in [1.165, 1.54) is 0 Å². The van der Waals surface area contributed by atoms with Crippen LogP contribution in [0.2, 0.25) is 0 Å². The minimum absolute atomic E-state index is 0.0856. The summed E-state index contributed by atoms with van der Waals surface area (Å²) in [5.41, 5.74) is 1.44. The third-order valence-corrected chi connectivity index (χ3v) is 4.28. The number of amides is 1. The molecule has 0 radical (unpaired) electrons. The Balaban J connectivity index is 1.79. The monoisotopic (exact) mass is 336 g/mol. The van der Waals surface area contributed by atoms with Gasteiger partial charge in [0.05, 0.1) is 10.7 Å². The maximum Gasteiger partial charge on any atom is 0.256 e. The summed E-state index contributed by atoms with van der Waals surface area (Å²) in [7, 11) is 0. The largest absolute Gasteiger partial charge is 0.349 e. The lowest BCUT2D eigenvalue weighted by Crippen LogP contribution is -2.33. The topological polar surface area (TPSA) is 59.3 Å². The number of hydrogen-bond acceptors (Lipinski definition) is 3. The van der Waals surface area contributed by atoms with E-state index in [2.05, 4.69) is 45.2 Å². The van der Waals surface area contributed by atoms with E-state index in [0.29, 0.717) is 16.6 Å². The molecule has 20 heavy (non-hydrogen) atoms. The Bertz CT molecular complexity index is 664. The summed E-state index contributed by atoms with van der Waals surface area (Å²) in [5, 5.41) is 7.27. The van der Waals surface area contributed by atoms with Gasteiger partial charge in [0.2, 0.25) is 0 Å². The molecular formula is C14H17BrN4O. The third-order valence-electron chi connectivity index (χ3n) is 3.87. The van der Waals surface area contributed by atoms with Crippen LogP contribution < -0.4 is 5.32 Å². The Morgan fingerprint density at radius 2 is 2.30 bits per heavy atom. The SMILES string of the molecule is CC1(C)CCC(NC(=O)c2cnn3cc(Br)cnc23)C1. The molecule has 1 unspecified atom stereocenters. The van der Waals surface area contributed by atoms with Crippen LogP contribution in [-0.2, 0) is 0 Å². The first kappa shape index (κ1) is 13.5. The number of rotatable bonds is 2. The molecule has 1 saturated carbocycles. The molecule has 2 heterocycles. The van der Waals surface area contributed by atoms with Gasteiger partial charge in [0.1, 0.15) is 5.56 Å². The second-order valence-electron chi connectivity index (χ2n) is 6.18. The Hall–Kier alpha value is -1.43. The smallest absolute Gasteiger partial charge is 0.256 e. The van der Waals surface area contributed by atoms with Crippen LogP contribution >= 0.6 is 15.9 Å². The molecule has 1 aliphatic carbocycles. The van der Waals surface area contributed by atoms with Gasteiger partial charge in [-0.05, 0) is 40.6 Å². The van der Waals surface area contributed by atoms with Gasteiger partial charge in [0.15, 0.2) is 5.65 Å². The van der Waals surface area contributed by atoms with E-state index in [1.54, 1.807) is 23.1 Å². The van der Waals surface area contributed by atoms with Crippen molar-refractivity contribution in [1.29, 1.82) is 0 Å². The molecule has 1 aliphatic rings. The molecule has 0 aromatic carbocycles. The van der Waals surface area contributed by atoms with Gasteiger partial charge in [0, 0.05) is 18.4 Å². The van der Waals surface area contributed by atoms with Crippen molar-refractivity contribution in [1.82, 2.24) is 19.9 Å². The second kappa shape index (κ2) is 4.84. The molecule has 0 saturated heterocycles. The van der Waals surface area contributed by atoms with Crippen LogP contribution in [0, 0.1) is 5.41 Å². The number of nitrogens with zero attached hydrogens (tertiary/aromatic N) is 3. The zero-order valence-corrected chi connectivity index (χ0v) is 13.1. The zero-order valence-electron chi connectivity index (χ0n) is 11.6. The molecule has 3 rings (SSSR count). The fourth-order valence-electron chi connectivity index (χ4n) is 2.83. The lowest BCUT2D eigenvalue weighted by Gasteiger charge is -2.17. The molecule has 106 valence electrons. The first-order valence-electron chi connectivity index (χ1n) is 6.74. The summed E-state index contributed by atoms with van der Waals surface area (Å²) in [6, 6.07) is 0.253. The van der Waals surface area contributed by atoms with E-state index >= 15 is 0 Å². The number of hydrogen-bond donors (Lipinski definition) is 1. The van der Waals surface area contributed by atoms with Crippen molar-refractivity contribution < 1.29 is 4.79 Å². The molecule has 5 nitrogen and oxygen atoms in total. The Morgan fingerprint density at radius 1 is 1.50 bits per heavy atom. The summed E-state index contributed by atoms with van der Waals surface area (Å²) in [4.78, 5) is 16.6. The standard InChI is InChI=1S/C14H17BrN4O/c1-14(2)4-3-10(5-14)18-13(20)11-7-17-19-8-9(15)6-16-12(11)19/h6-8,10H,3-5H2,1-2H3,(H,18,20). The van der Waals surface area contributed by atoms with Crippen LogP contribution in [0.25, 0.3) is 5.65 Å².